The van der Waals surface area contributed by atoms with E-state index in [-0.39, 0.29) is 29.4 Å². The number of benzene rings is 1. The molecule has 1 aromatic heterocycles. The highest BCUT2D eigenvalue weighted by molar-refractivity contribution is 5.80. The summed E-state index contributed by atoms with van der Waals surface area (Å²) >= 11 is 0. The topological polar surface area (TPSA) is 62.2 Å². The average Bonchev–Trinajstić information content (AvgIpc) is 2.47. The number of carbonyl (C=O) groups is 1. The Morgan fingerprint density at radius 1 is 1.33 bits per heavy atom. The van der Waals surface area contributed by atoms with Crippen LogP contribution in [0.25, 0.3) is 10.9 Å². The van der Waals surface area contributed by atoms with E-state index < -0.39 is 0 Å². The number of fused-ring (bicyclic) bond motifs is 1. The molecule has 1 amide bonds. The Hall–Kier alpha value is -1.94. The van der Waals surface area contributed by atoms with Crippen molar-refractivity contribution >= 4 is 16.8 Å². The van der Waals surface area contributed by atoms with Crippen LogP contribution < -0.4 is 5.32 Å². The third-order valence-electron chi connectivity index (χ3n) is 4.60. The van der Waals surface area contributed by atoms with Gasteiger partial charge in [0.2, 0.25) is 5.91 Å². The van der Waals surface area contributed by atoms with Gasteiger partial charge in [-0.25, -0.2) is 0 Å². The molecule has 1 aliphatic rings. The summed E-state index contributed by atoms with van der Waals surface area (Å²) in [6.07, 6.45) is 3.56. The van der Waals surface area contributed by atoms with Crippen molar-refractivity contribution in [1.82, 2.24) is 10.3 Å². The quantitative estimate of drug-likeness (QED) is 0.902. The molecule has 0 unspecified atom stereocenters. The SMILES string of the molecule is CC(C)(C)CC(=O)N[C@@H](c1cnc2ccccc2c1)C1CC(O)C1. The highest BCUT2D eigenvalue weighted by Crippen LogP contribution is 2.38. The van der Waals surface area contributed by atoms with Gasteiger partial charge in [-0.3, -0.25) is 9.78 Å². The second-order valence-electron chi connectivity index (χ2n) is 8.13. The Morgan fingerprint density at radius 2 is 2.04 bits per heavy atom. The highest BCUT2D eigenvalue weighted by Gasteiger charge is 2.36. The number of amides is 1. The molecule has 4 nitrogen and oxygen atoms in total. The van der Waals surface area contributed by atoms with Crippen molar-refractivity contribution in [3.05, 3.63) is 42.1 Å². The van der Waals surface area contributed by atoms with E-state index in [9.17, 15) is 9.90 Å². The number of para-hydroxylation sites is 1. The standard InChI is InChI=1S/C20H26N2O2/c1-20(2,3)11-18(24)22-19(14-9-16(23)10-14)15-8-13-6-4-5-7-17(13)21-12-15/h4-8,12,14,16,19,23H,9-11H2,1-3H3,(H,22,24)/t14?,16?,19-/m1/s1. The van der Waals surface area contributed by atoms with E-state index in [1.165, 1.54) is 0 Å². The number of nitrogens with zero attached hydrogens (tertiary/aromatic N) is 1. The molecular formula is C20H26N2O2. The lowest BCUT2D eigenvalue weighted by Gasteiger charge is -2.38. The number of aliphatic hydroxyl groups is 1. The summed E-state index contributed by atoms with van der Waals surface area (Å²) in [5, 5.41) is 13.9. The molecule has 1 saturated carbocycles. The van der Waals surface area contributed by atoms with Crippen LogP contribution in [0.3, 0.4) is 0 Å². The minimum absolute atomic E-state index is 0.0462. The molecule has 3 rings (SSSR count). The Balaban J connectivity index is 1.84. The van der Waals surface area contributed by atoms with Gasteiger partial charge in [-0.05, 0) is 41.9 Å². The lowest BCUT2D eigenvalue weighted by molar-refractivity contribution is -0.124. The summed E-state index contributed by atoms with van der Waals surface area (Å²) < 4.78 is 0. The van der Waals surface area contributed by atoms with Crippen LogP contribution in [-0.4, -0.2) is 22.1 Å². The van der Waals surface area contributed by atoms with Gasteiger partial charge in [-0.1, -0.05) is 39.0 Å². The average molecular weight is 326 g/mol. The van der Waals surface area contributed by atoms with Crippen LogP contribution >= 0.6 is 0 Å². The first-order chi connectivity index (χ1) is 11.3. The summed E-state index contributed by atoms with van der Waals surface area (Å²) in [4.78, 5) is 17.0. The molecule has 0 bridgehead atoms. The molecule has 0 saturated heterocycles. The van der Waals surface area contributed by atoms with Crippen molar-refractivity contribution in [3.63, 3.8) is 0 Å². The Labute approximate surface area is 143 Å². The summed E-state index contributed by atoms with van der Waals surface area (Å²) in [5.74, 6) is 0.328. The van der Waals surface area contributed by atoms with Crippen LogP contribution in [0.15, 0.2) is 36.5 Å². The Bertz CT molecular complexity index is 730. The predicted octanol–water partition coefficient (Wildman–Crippen LogP) is 3.60. The van der Waals surface area contributed by atoms with Gasteiger partial charge in [-0.2, -0.15) is 0 Å². The molecule has 4 heteroatoms. The fourth-order valence-electron chi connectivity index (χ4n) is 3.34. The van der Waals surface area contributed by atoms with Gasteiger partial charge in [0.1, 0.15) is 0 Å². The van der Waals surface area contributed by atoms with Gasteiger partial charge in [-0.15, -0.1) is 0 Å². The largest absolute Gasteiger partial charge is 0.393 e. The molecule has 0 aliphatic heterocycles. The maximum atomic E-state index is 12.4. The minimum Gasteiger partial charge on any atom is -0.393 e. The monoisotopic (exact) mass is 326 g/mol. The molecule has 1 heterocycles. The third kappa shape index (κ3) is 3.93. The molecule has 128 valence electrons. The minimum atomic E-state index is -0.245. The molecule has 1 fully saturated rings. The van der Waals surface area contributed by atoms with E-state index in [1.807, 2.05) is 30.5 Å². The van der Waals surface area contributed by atoms with Crippen LogP contribution in [0.4, 0.5) is 0 Å². The van der Waals surface area contributed by atoms with E-state index >= 15 is 0 Å². The molecule has 0 spiro atoms. The lowest BCUT2D eigenvalue weighted by Crippen LogP contribution is -2.42. The van der Waals surface area contributed by atoms with E-state index in [1.54, 1.807) is 0 Å². The number of pyridine rings is 1. The number of hydrogen-bond acceptors (Lipinski definition) is 3. The van der Waals surface area contributed by atoms with Crippen LogP contribution in [0, 0.1) is 11.3 Å². The molecule has 0 radical (unpaired) electrons. The molecule has 1 aromatic carbocycles. The van der Waals surface area contributed by atoms with Crippen molar-refractivity contribution in [2.45, 2.75) is 52.2 Å². The summed E-state index contributed by atoms with van der Waals surface area (Å²) in [7, 11) is 0. The first kappa shape index (κ1) is 16.9. The molecule has 1 aliphatic carbocycles. The van der Waals surface area contributed by atoms with E-state index in [0.29, 0.717) is 6.42 Å². The van der Waals surface area contributed by atoms with Crippen molar-refractivity contribution in [2.75, 3.05) is 0 Å². The normalized spacial score (nSPS) is 22.0. The zero-order valence-electron chi connectivity index (χ0n) is 14.6. The Morgan fingerprint density at radius 3 is 2.71 bits per heavy atom. The van der Waals surface area contributed by atoms with Gasteiger partial charge in [0, 0.05) is 18.0 Å². The zero-order chi connectivity index (χ0) is 17.3. The number of hydrogen-bond donors (Lipinski definition) is 2. The summed E-state index contributed by atoms with van der Waals surface area (Å²) in [6, 6.07) is 10.0. The van der Waals surface area contributed by atoms with E-state index in [2.05, 4.69) is 37.1 Å². The van der Waals surface area contributed by atoms with Crippen molar-refractivity contribution in [3.8, 4) is 0 Å². The maximum Gasteiger partial charge on any atom is 0.221 e. The smallest absolute Gasteiger partial charge is 0.221 e. The van der Waals surface area contributed by atoms with Crippen molar-refractivity contribution in [2.24, 2.45) is 11.3 Å². The summed E-state index contributed by atoms with van der Waals surface area (Å²) in [6.45, 7) is 6.19. The van der Waals surface area contributed by atoms with Gasteiger partial charge in [0.25, 0.3) is 0 Å². The van der Waals surface area contributed by atoms with E-state index in [4.69, 9.17) is 0 Å². The molecular weight excluding hydrogens is 300 g/mol. The summed E-state index contributed by atoms with van der Waals surface area (Å²) in [5.41, 5.74) is 1.93. The number of aliphatic hydroxyl groups excluding tert-OH is 1. The second-order valence-corrected chi connectivity index (χ2v) is 8.13. The molecule has 2 aromatic rings. The van der Waals surface area contributed by atoms with Gasteiger partial charge < -0.3 is 10.4 Å². The van der Waals surface area contributed by atoms with Gasteiger partial charge in [0.15, 0.2) is 0 Å². The van der Waals surface area contributed by atoms with Crippen LogP contribution in [0.2, 0.25) is 0 Å². The fraction of sp³-hybridized carbons (Fsp3) is 0.500. The fourth-order valence-corrected chi connectivity index (χ4v) is 3.34. The second kappa shape index (κ2) is 6.52. The molecule has 24 heavy (non-hydrogen) atoms. The van der Waals surface area contributed by atoms with Gasteiger partial charge in [0.05, 0.1) is 17.7 Å². The lowest BCUT2D eigenvalue weighted by atomic mass is 9.75. The number of rotatable bonds is 4. The number of aromatic nitrogens is 1. The van der Waals surface area contributed by atoms with Crippen molar-refractivity contribution in [1.29, 1.82) is 0 Å². The molecule has 2 N–H and O–H groups in total. The van der Waals surface area contributed by atoms with E-state index in [0.717, 1.165) is 29.3 Å². The molecule has 1 atom stereocenters. The highest BCUT2D eigenvalue weighted by atomic mass is 16.3. The number of carbonyl (C=O) groups excluding carboxylic acids is 1. The zero-order valence-corrected chi connectivity index (χ0v) is 14.6. The Kier molecular flexibility index (Phi) is 4.59. The predicted molar refractivity (Wildman–Crippen MR) is 95.4 cm³/mol. The van der Waals surface area contributed by atoms with Crippen molar-refractivity contribution < 1.29 is 9.90 Å². The first-order valence-corrected chi connectivity index (χ1v) is 8.64. The van der Waals surface area contributed by atoms with Crippen LogP contribution in [-0.2, 0) is 4.79 Å². The number of nitrogens with one attached hydrogen (secondary N) is 1. The first-order valence-electron chi connectivity index (χ1n) is 8.64. The maximum absolute atomic E-state index is 12.4. The van der Waals surface area contributed by atoms with Crippen LogP contribution in [0.1, 0.15) is 51.6 Å². The third-order valence-corrected chi connectivity index (χ3v) is 4.60. The van der Waals surface area contributed by atoms with Gasteiger partial charge >= 0.3 is 0 Å². The van der Waals surface area contributed by atoms with Crippen LogP contribution in [0.5, 0.6) is 0 Å².